The minimum absolute atomic E-state index is 0. The van der Waals surface area contributed by atoms with Gasteiger partial charge in [0, 0.05) is 5.56 Å². The van der Waals surface area contributed by atoms with Crippen LogP contribution in [0.15, 0.2) is 30.3 Å². The lowest BCUT2D eigenvalue weighted by atomic mass is 10.1. The molecule has 1 aromatic carbocycles. The summed E-state index contributed by atoms with van der Waals surface area (Å²) in [7, 11) is 0. The molecule has 1 nitrogen and oxygen atoms in total. The van der Waals surface area contributed by atoms with Crippen LogP contribution in [-0.2, 0) is 6.54 Å². The summed E-state index contributed by atoms with van der Waals surface area (Å²) in [5.74, 6) is 0. The largest absolute Gasteiger partial charge is 1.00 e. The molecule has 0 saturated carbocycles. The van der Waals surface area contributed by atoms with Gasteiger partial charge >= 0.3 is 0 Å². The first-order chi connectivity index (χ1) is 12.3. The van der Waals surface area contributed by atoms with E-state index in [0.717, 1.165) is 0 Å². The topological polar surface area (TPSA) is 0 Å². The van der Waals surface area contributed by atoms with Crippen LogP contribution in [0.5, 0.6) is 0 Å². The molecule has 0 amide bonds. The SMILES string of the molecule is CCCCCCCCCCCCC[N+](CC)(CC)Cc1ccccc1.[Cl-]. The predicted molar refractivity (Wildman–Crippen MR) is 113 cm³/mol. The van der Waals surface area contributed by atoms with Crippen LogP contribution in [0.3, 0.4) is 0 Å². The lowest BCUT2D eigenvalue weighted by Gasteiger charge is -2.37. The molecule has 0 aliphatic rings. The average molecular weight is 382 g/mol. The Morgan fingerprint density at radius 3 is 1.54 bits per heavy atom. The summed E-state index contributed by atoms with van der Waals surface area (Å²) >= 11 is 0. The zero-order chi connectivity index (χ0) is 18.2. The van der Waals surface area contributed by atoms with Gasteiger partial charge in [0.05, 0.1) is 19.6 Å². The number of rotatable bonds is 16. The summed E-state index contributed by atoms with van der Waals surface area (Å²) in [5.41, 5.74) is 1.49. The molecule has 0 spiro atoms. The van der Waals surface area contributed by atoms with Crippen LogP contribution in [-0.4, -0.2) is 24.1 Å². The van der Waals surface area contributed by atoms with Gasteiger partial charge in [0.25, 0.3) is 0 Å². The molecule has 2 heteroatoms. The summed E-state index contributed by atoms with van der Waals surface area (Å²) in [6.45, 7) is 12.1. The third-order valence-corrected chi connectivity index (χ3v) is 5.94. The average Bonchev–Trinajstić information content (AvgIpc) is 2.66. The van der Waals surface area contributed by atoms with Crippen LogP contribution in [0.1, 0.15) is 97.0 Å². The zero-order valence-electron chi connectivity index (χ0n) is 17.8. The van der Waals surface area contributed by atoms with Crippen LogP contribution in [0, 0.1) is 0 Å². The number of hydrogen-bond donors (Lipinski definition) is 0. The smallest absolute Gasteiger partial charge is 0.104 e. The number of benzene rings is 1. The molecule has 1 rings (SSSR count). The lowest BCUT2D eigenvalue weighted by molar-refractivity contribution is -0.938. The maximum absolute atomic E-state index is 2.37. The quantitative estimate of drug-likeness (QED) is 0.295. The van der Waals surface area contributed by atoms with Crippen LogP contribution in [0.25, 0.3) is 0 Å². The highest BCUT2D eigenvalue weighted by atomic mass is 35.5. The van der Waals surface area contributed by atoms with Gasteiger partial charge in [-0.1, -0.05) is 95.0 Å². The van der Waals surface area contributed by atoms with E-state index in [1.54, 1.807) is 0 Å². The van der Waals surface area contributed by atoms with Crippen molar-refractivity contribution in [3.8, 4) is 0 Å². The molecule has 26 heavy (non-hydrogen) atoms. The first kappa shape index (κ1) is 25.5. The van der Waals surface area contributed by atoms with Crippen LogP contribution >= 0.6 is 0 Å². The molecule has 0 saturated heterocycles. The highest BCUT2D eigenvalue weighted by molar-refractivity contribution is 5.13. The van der Waals surface area contributed by atoms with E-state index in [1.165, 1.54) is 107 Å². The molecule has 0 atom stereocenters. The molecular formula is C24H44ClN. The van der Waals surface area contributed by atoms with Gasteiger partial charge < -0.3 is 16.9 Å². The Bertz CT molecular complexity index is 400. The molecule has 0 N–H and O–H groups in total. The third kappa shape index (κ3) is 11.2. The van der Waals surface area contributed by atoms with Crippen molar-refractivity contribution >= 4 is 0 Å². The van der Waals surface area contributed by atoms with E-state index >= 15 is 0 Å². The zero-order valence-corrected chi connectivity index (χ0v) is 18.6. The molecule has 0 heterocycles. The van der Waals surface area contributed by atoms with Crippen LogP contribution in [0.2, 0.25) is 0 Å². The molecule has 0 bridgehead atoms. The van der Waals surface area contributed by atoms with Gasteiger partial charge in [0.15, 0.2) is 0 Å². The molecule has 0 unspecified atom stereocenters. The maximum Gasteiger partial charge on any atom is 0.104 e. The molecule has 0 aliphatic carbocycles. The molecule has 0 radical (unpaired) electrons. The third-order valence-electron chi connectivity index (χ3n) is 5.94. The van der Waals surface area contributed by atoms with Crippen molar-refractivity contribution in [1.29, 1.82) is 0 Å². The first-order valence-electron chi connectivity index (χ1n) is 11.2. The molecule has 0 aliphatic heterocycles. The Kier molecular flexibility index (Phi) is 16.3. The highest BCUT2D eigenvalue weighted by Gasteiger charge is 2.22. The summed E-state index contributed by atoms with van der Waals surface area (Å²) in [6, 6.07) is 11.1. The minimum atomic E-state index is 0. The fourth-order valence-electron chi connectivity index (χ4n) is 3.92. The van der Waals surface area contributed by atoms with E-state index < -0.39 is 0 Å². The summed E-state index contributed by atoms with van der Waals surface area (Å²) in [4.78, 5) is 0. The Morgan fingerprint density at radius 2 is 1.08 bits per heavy atom. The molecular weight excluding hydrogens is 338 g/mol. The van der Waals surface area contributed by atoms with E-state index in [0.29, 0.717) is 0 Å². The number of nitrogens with zero attached hydrogens (tertiary/aromatic N) is 1. The van der Waals surface area contributed by atoms with Crippen molar-refractivity contribution in [2.45, 2.75) is 97.9 Å². The summed E-state index contributed by atoms with van der Waals surface area (Å²) in [5, 5.41) is 0. The van der Waals surface area contributed by atoms with Gasteiger partial charge in [0.2, 0.25) is 0 Å². The fraction of sp³-hybridized carbons (Fsp3) is 0.750. The normalized spacial score (nSPS) is 11.3. The van der Waals surface area contributed by atoms with Gasteiger partial charge in [-0.2, -0.15) is 0 Å². The second-order valence-corrected chi connectivity index (χ2v) is 7.88. The second-order valence-electron chi connectivity index (χ2n) is 7.88. The Hall–Kier alpha value is -0.530. The van der Waals surface area contributed by atoms with Crippen molar-refractivity contribution in [3.63, 3.8) is 0 Å². The van der Waals surface area contributed by atoms with Crippen molar-refractivity contribution in [1.82, 2.24) is 0 Å². The first-order valence-corrected chi connectivity index (χ1v) is 11.2. The van der Waals surface area contributed by atoms with E-state index in [4.69, 9.17) is 0 Å². The summed E-state index contributed by atoms with van der Waals surface area (Å²) in [6.07, 6.45) is 15.8. The van der Waals surface area contributed by atoms with Crippen molar-refractivity contribution < 1.29 is 16.9 Å². The monoisotopic (exact) mass is 381 g/mol. The number of quaternary nitrogens is 1. The van der Waals surface area contributed by atoms with Crippen molar-refractivity contribution in [3.05, 3.63) is 35.9 Å². The van der Waals surface area contributed by atoms with Crippen molar-refractivity contribution in [2.75, 3.05) is 19.6 Å². The Balaban J connectivity index is 0.00000625. The summed E-state index contributed by atoms with van der Waals surface area (Å²) < 4.78 is 1.25. The Morgan fingerprint density at radius 1 is 0.615 bits per heavy atom. The number of unbranched alkanes of at least 4 members (excludes halogenated alkanes) is 10. The minimum Gasteiger partial charge on any atom is -1.00 e. The second kappa shape index (κ2) is 16.6. The molecule has 1 aromatic rings. The van der Waals surface area contributed by atoms with E-state index in [-0.39, 0.29) is 12.4 Å². The van der Waals surface area contributed by atoms with E-state index in [9.17, 15) is 0 Å². The van der Waals surface area contributed by atoms with Gasteiger partial charge in [0.1, 0.15) is 6.54 Å². The van der Waals surface area contributed by atoms with Gasteiger partial charge in [-0.25, -0.2) is 0 Å². The number of hydrogen-bond acceptors (Lipinski definition) is 0. The van der Waals surface area contributed by atoms with Gasteiger partial charge in [-0.15, -0.1) is 0 Å². The fourth-order valence-corrected chi connectivity index (χ4v) is 3.92. The number of halogens is 1. The van der Waals surface area contributed by atoms with E-state index in [1.807, 2.05) is 0 Å². The maximum atomic E-state index is 2.37. The van der Waals surface area contributed by atoms with Gasteiger partial charge in [-0.3, -0.25) is 0 Å². The van der Waals surface area contributed by atoms with Crippen LogP contribution in [0.4, 0.5) is 0 Å². The van der Waals surface area contributed by atoms with Gasteiger partial charge in [-0.05, 0) is 26.7 Å². The molecule has 152 valence electrons. The van der Waals surface area contributed by atoms with E-state index in [2.05, 4.69) is 51.1 Å². The molecule has 0 fully saturated rings. The lowest BCUT2D eigenvalue weighted by Crippen LogP contribution is -3.00. The Labute approximate surface area is 170 Å². The predicted octanol–water partition coefficient (Wildman–Crippen LogP) is 4.36. The highest BCUT2D eigenvalue weighted by Crippen LogP contribution is 2.17. The standard InChI is InChI=1S/C24H44N.ClH/c1-4-7-8-9-10-11-12-13-14-15-19-22-25(5-2,6-3)23-24-20-17-16-18-21-24;/h16-18,20-21H,4-15,19,22-23H2,1-3H3;1H/q+1;/p-1. The van der Waals surface area contributed by atoms with Crippen LogP contribution < -0.4 is 12.4 Å². The van der Waals surface area contributed by atoms with Crippen molar-refractivity contribution in [2.24, 2.45) is 0 Å². The molecule has 0 aromatic heterocycles.